The molecule has 174 valence electrons. The van der Waals surface area contributed by atoms with Crippen LogP contribution < -0.4 is 10.1 Å². The zero-order valence-corrected chi connectivity index (χ0v) is 19.8. The third-order valence-corrected chi connectivity index (χ3v) is 8.37. The summed E-state index contributed by atoms with van der Waals surface area (Å²) < 4.78 is 33.4. The van der Waals surface area contributed by atoms with Crippen LogP contribution in [0.5, 0.6) is 5.75 Å². The lowest BCUT2D eigenvalue weighted by atomic mass is 9.97. The molecule has 1 saturated heterocycles. The van der Waals surface area contributed by atoms with Crippen LogP contribution in [-0.2, 0) is 20.2 Å². The molecule has 1 unspecified atom stereocenters. The molecule has 7 nitrogen and oxygen atoms in total. The minimum Gasteiger partial charge on any atom is -0.494 e. The maximum absolute atomic E-state index is 13.2. The Bertz CT molecular complexity index is 1180. The molecule has 0 spiro atoms. The molecule has 1 heterocycles. The number of rotatable bonds is 7. The molecule has 0 radical (unpaired) electrons. The van der Waals surface area contributed by atoms with Crippen LogP contribution in [0.4, 0.5) is 5.69 Å². The van der Waals surface area contributed by atoms with E-state index in [0.29, 0.717) is 37.4 Å². The molecule has 1 atom stereocenters. The van der Waals surface area contributed by atoms with Crippen molar-refractivity contribution in [3.05, 3.63) is 53.6 Å². The van der Waals surface area contributed by atoms with Crippen molar-refractivity contribution in [1.82, 2.24) is 4.31 Å². The highest BCUT2D eigenvalue weighted by Crippen LogP contribution is 2.47. The van der Waals surface area contributed by atoms with Gasteiger partial charge in [-0.05, 0) is 81.0 Å². The van der Waals surface area contributed by atoms with Gasteiger partial charge in [-0.1, -0.05) is 12.1 Å². The number of ether oxygens (including phenoxy) is 1. The Morgan fingerprint density at radius 1 is 1.24 bits per heavy atom. The van der Waals surface area contributed by atoms with E-state index in [9.17, 15) is 18.5 Å². The Balaban J connectivity index is 1.43. The summed E-state index contributed by atoms with van der Waals surface area (Å²) in [6.45, 7) is 4.76. The van der Waals surface area contributed by atoms with Crippen LogP contribution in [-0.4, -0.2) is 38.3 Å². The number of nitrogens with zero attached hydrogens (tertiary/aromatic N) is 2. The molecule has 1 saturated carbocycles. The van der Waals surface area contributed by atoms with E-state index in [0.717, 1.165) is 24.0 Å². The highest BCUT2D eigenvalue weighted by atomic mass is 32.2. The molecule has 2 aromatic carbocycles. The largest absolute Gasteiger partial charge is 0.494 e. The highest BCUT2D eigenvalue weighted by Gasteiger charge is 2.44. The predicted octanol–water partition coefficient (Wildman–Crippen LogP) is 3.99. The summed E-state index contributed by atoms with van der Waals surface area (Å²) in [7, 11) is -3.71. The fraction of sp³-hybridized carbons (Fsp3) is 0.440. The van der Waals surface area contributed by atoms with Gasteiger partial charge in [-0.25, -0.2) is 8.42 Å². The van der Waals surface area contributed by atoms with Crippen molar-refractivity contribution < 1.29 is 17.9 Å². The number of nitriles is 1. The van der Waals surface area contributed by atoms with Crippen LogP contribution >= 0.6 is 0 Å². The van der Waals surface area contributed by atoms with Gasteiger partial charge in [0.2, 0.25) is 15.9 Å². The monoisotopic (exact) mass is 467 g/mol. The van der Waals surface area contributed by atoms with Gasteiger partial charge >= 0.3 is 0 Å². The van der Waals surface area contributed by atoms with Crippen LogP contribution in [0, 0.1) is 24.2 Å². The molecule has 1 amide bonds. The van der Waals surface area contributed by atoms with Crippen LogP contribution in [0.25, 0.3) is 0 Å². The Morgan fingerprint density at radius 3 is 2.58 bits per heavy atom. The third-order valence-electron chi connectivity index (χ3n) is 6.51. The Labute approximate surface area is 195 Å². The Kier molecular flexibility index (Phi) is 6.46. The fourth-order valence-electron chi connectivity index (χ4n) is 4.33. The molecule has 8 heteroatoms. The molecule has 33 heavy (non-hydrogen) atoms. The minimum absolute atomic E-state index is 0.149. The first kappa shape index (κ1) is 23.3. The molecule has 4 rings (SSSR count). The number of carbonyl (C=O) groups is 1. The average molecular weight is 468 g/mol. The van der Waals surface area contributed by atoms with E-state index in [1.807, 2.05) is 38.1 Å². The molecule has 0 aromatic heterocycles. The minimum atomic E-state index is -3.71. The number of nitrogens with one attached hydrogen (secondary N) is 1. The summed E-state index contributed by atoms with van der Waals surface area (Å²) in [5.74, 6) is 0.0542. The van der Waals surface area contributed by atoms with Gasteiger partial charge in [0.05, 0.1) is 28.9 Å². The topological polar surface area (TPSA) is 99.5 Å². The van der Waals surface area contributed by atoms with Crippen LogP contribution in [0.3, 0.4) is 0 Å². The van der Waals surface area contributed by atoms with E-state index < -0.39 is 15.9 Å². The van der Waals surface area contributed by atoms with Gasteiger partial charge in [-0.2, -0.15) is 9.57 Å². The van der Waals surface area contributed by atoms with Gasteiger partial charge in [0.15, 0.2) is 0 Å². The summed E-state index contributed by atoms with van der Waals surface area (Å²) in [5, 5.41) is 12.3. The fourth-order valence-corrected chi connectivity index (χ4v) is 5.94. The van der Waals surface area contributed by atoms with E-state index in [1.165, 1.54) is 4.31 Å². The first-order chi connectivity index (χ1) is 15.8. The molecule has 1 N–H and O–H groups in total. The second kappa shape index (κ2) is 9.16. The number of piperidine rings is 1. The normalized spacial score (nSPS) is 20.0. The molecule has 2 fully saturated rings. The SMILES string of the molecule is CCOc1ccc(S(=O)(=O)N2CCCC(C(=O)Nc3ccc(C4(C#N)CC4)cc3)C2)cc1C. The van der Waals surface area contributed by atoms with Crippen molar-refractivity contribution in [2.45, 2.75) is 49.8 Å². The van der Waals surface area contributed by atoms with Gasteiger partial charge < -0.3 is 10.1 Å². The predicted molar refractivity (Wildman–Crippen MR) is 125 cm³/mol. The highest BCUT2D eigenvalue weighted by molar-refractivity contribution is 7.89. The third kappa shape index (κ3) is 4.75. The summed E-state index contributed by atoms with van der Waals surface area (Å²) in [4.78, 5) is 13.1. The van der Waals surface area contributed by atoms with Gasteiger partial charge in [-0.15, -0.1) is 0 Å². The van der Waals surface area contributed by atoms with E-state index >= 15 is 0 Å². The van der Waals surface area contributed by atoms with Crippen LogP contribution in [0.2, 0.25) is 0 Å². The number of hydrogen-bond acceptors (Lipinski definition) is 5. The number of aryl methyl sites for hydroxylation is 1. The van der Waals surface area contributed by atoms with Crippen molar-refractivity contribution >= 4 is 21.6 Å². The lowest BCUT2D eigenvalue weighted by molar-refractivity contribution is -0.120. The van der Waals surface area contributed by atoms with Crippen molar-refractivity contribution in [2.75, 3.05) is 25.0 Å². The lowest BCUT2D eigenvalue weighted by Crippen LogP contribution is -2.43. The molecular weight excluding hydrogens is 438 g/mol. The molecule has 2 aliphatic rings. The van der Waals surface area contributed by atoms with Crippen LogP contribution in [0.1, 0.15) is 43.7 Å². The van der Waals surface area contributed by atoms with Gasteiger partial charge in [-0.3, -0.25) is 4.79 Å². The van der Waals surface area contributed by atoms with Crippen molar-refractivity contribution in [1.29, 1.82) is 5.26 Å². The second-order valence-corrected chi connectivity index (χ2v) is 10.8. The second-order valence-electron chi connectivity index (χ2n) is 8.82. The summed E-state index contributed by atoms with van der Waals surface area (Å²) in [6, 6.07) is 14.6. The quantitative estimate of drug-likeness (QED) is 0.664. The van der Waals surface area contributed by atoms with Gasteiger partial charge in [0.1, 0.15) is 5.75 Å². The zero-order chi connectivity index (χ0) is 23.6. The van der Waals surface area contributed by atoms with E-state index in [1.54, 1.807) is 18.2 Å². The van der Waals surface area contributed by atoms with E-state index in [-0.39, 0.29) is 22.8 Å². The molecular formula is C25H29N3O4S. The summed E-state index contributed by atoms with van der Waals surface area (Å²) in [6.07, 6.45) is 3.00. The number of hydrogen-bond donors (Lipinski definition) is 1. The molecule has 2 aromatic rings. The molecule has 1 aliphatic carbocycles. The number of amides is 1. The number of anilines is 1. The number of sulfonamides is 1. The number of carbonyl (C=O) groups excluding carboxylic acids is 1. The first-order valence-corrected chi connectivity index (χ1v) is 12.8. The molecule has 1 aliphatic heterocycles. The Hall–Kier alpha value is -2.89. The average Bonchev–Trinajstić information content (AvgIpc) is 3.62. The Morgan fingerprint density at radius 2 is 1.97 bits per heavy atom. The summed E-state index contributed by atoms with van der Waals surface area (Å²) >= 11 is 0. The van der Waals surface area contributed by atoms with Crippen molar-refractivity contribution in [3.63, 3.8) is 0 Å². The van der Waals surface area contributed by atoms with Gasteiger partial charge in [0.25, 0.3) is 0 Å². The summed E-state index contributed by atoms with van der Waals surface area (Å²) in [5.41, 5.74) is 2.03. The van der Waals surface area contributed by atoms with Gasteiger partial charge in [0, 0.05) is 18.8 Å². The smallest absolute Gasteiger partial charge is 0.243 e. The van der Waals surface area contributed by atoms with Crippen LogP contribution in [0.15, 0.2) is 47.4 Å². The van der Waals surface area contributed by atoms with E-state index in [2.05, 4.69) is 11.4 Å². The number of benzene rings is 2. The van der Waals surface area contributed by atoms with Crippen molar-refractivity contribution in [2.24, 2.45) is 5.92 Å². The zero-order valence-electron chi connectivity index (χ0n) is 19.0. The van der Waals surface area contributed by atoms with E-state index in [4.69, 9.17) is 4.74 Å². The first-order valence-electron chi connectivity index (χ1n) is 11.4. The maximum Gasteiger partial charge on any atom is 0.243 e. The maximum atomic E-state index is 13.2. The van der Waals surface area contributed by atoms with Crippen molar-refractivity contribution in [3.8, 4) is 11.8 Å². The lowest BCUT2D eigenvalue weighted by Gasteiger charge is -2.31. The molecule has 0 bridgehead atoms. The standard InChI is InChI=1S/C25H29N3O4S/c1-3-32-23-11-10-22(15-18(23)2)33(30,31)28-14-4-5-19(16-28)24(29)27-21-8-6-20(7-9-21)25(17-26)12-13-25/h6-11,15,19H,3-5,12-14,16H2,1-2H3,(H,27,29).